The second-order valence-corrected chi connectivity index (χ2v) is 33.9. The molecular weight excluding hydrogens is 1960 g/mol. The zero-order valence-corrected chi connectivity index (χ0v) is 84.1. The molecule has 0 spiro atoms. The minimum atomic E-state index is -3.22. The van der Waals surface area contributed by atoms with Crippen molar-refractivity contribution in [3.8, 4) is 33.8 Å². The molecule has 0 aliphatic heterocycles. The van der Waals surface area contributed by atoms with Gasteiger partial charge in [-0.05, 0) is 179 Å². The Labute approximate surface area is 862 Å². The van der Waals surface area contributed by atoms with Gasteiger partial charge < -0.3 is 42.8 Å². The van der Waals surface area contributed by atoms with E-state index in [2.05, 4.69) is 190 Å². The molecule has 13 aromatic heterocycles. The van der Waals surface area contributed by atoms with Crippen LogP contribution in [-0.2, 0) is 46.2 Å². The molecule has 16 rings (SSSR count). The number of aryl methyl sites for hydroxylation is 4. The zero-order valence-electron chi connectivity index (χ0n) is 72.8. The molecule has 1 atom stereocenters. The van der Waals surface area contributed by atoms with Crippen LogP contribution in [0.3, 0.4) is 0 Å². The summed E-state index contributed by atoms with van der Waals surface area (Å²) < 4.78 is 88.7. The Kier molecular flexibility index (Phi) is 48.5. The van der Waals surface area contributed by atoms with Crippen molar-refractivity contribution in [1.29, 1.82) is 0 Å². The summed E-state index contributed by atoms with van der Waals surface area (Å²) >= 11 is 22.3. The maximum atomic E-state index is 13.8. The molecule has 0 saturated carbocycles. The van der Waals surface area contributed by atoms with Gasteiger partial charge >= 0.3 is 120 Å². The second kappa shape index (κ2) is 55.9. The predicted octanol–water partition coefficient (Wildman–Crippen LogP) is 11.2. The number of anilines is 2. The van der Waals surface area contributed by atoms with Crippen molar-refractivity contribution in [2.24, 2.45) is 11.7 Å². The average molecular weight is 2050 g/mol. The number of hydrogen-bond donors (Lipinski definition) is 6. The fraction of sp³-hybridized carbons (Fsp3) is 0.221. The zero-order chi connectivity index (χ0) is 93.4. The number of para-hydroxylation sites is 1. The van der Waals surface area contributed by atoms with E-state index in [4.69, 9.17) is 38.1 Å². The monoisotopic (exact) mass is 2050 g/mol. The number of nitrogen functional groups attached to an aromatic ring is 1. The number of aromatic amines is 3. The average Bonchev–Trinajstić information content (AvgIpc) is 1.69. The summed E-state index contributed by atoms with van der Waals surface area (Å²) in [7, 11) is 2.37. The van der Waals surface area contributed by atoms with Crippen LogP contribution in [0.4, 0.5) is 33.6 Å². The minimum absolute atomic E-state index is 0. The first-order chi connectivity index (χ1) is 60.6. The Bertz CT molecular complexity index is 6470. The number of nitrogens with zero attached hydrogens (tertiary/aromatic N) is 14. The molecular formula is C86H89Cl4F5IK2N20O11P. The van der Waals surface area contributed by atoms with Crippen molar-refractivity contribution < 1.29 is 174 Å². The quantitative estimate of drug-likeness (QED) is 0.00425. The van der Waals surface area contributed by atoms with Gasteiger partial charge in [0.05, 0.1) is 80.9 Å². The molecule has 15 aromatic rings. The van der Waals surface area contributed by atoms with E-state index in [1.165, 1.54) is 102 Å². The van der Waals surface area contributed by atoms with E-state index in [9.17, 15) is 50.5 Å². The van der Waals surface area contributed by atoms with Gasteiger partial charge in [0.25, 0.3) is 12.0 Å². The first-order valence-electron chi connectivity index (χ1n) is 37.6. The number of rotatable bonds is 16. The van der Waals surface area contributed by atoms with Crippen LogP contribution in [0.2, 0.25) is 5.15 Å². The van der Waals surface area contributed by atoms with Gasteiger partial charge in [-0.3, -0.25) is 68.4 Å². The van der Waals surface area contributed by atoms with Gasteiger partial charge in [0.2, 0.25) is 0 Å². The van der Waals surface area contributed by atoms with Crippen LogP contribution in [0.1, 0.15) is 105 Å². The number of esters is 2. The number of carbonyl (C=O) groups is 5. The Morgan fingerprint density at radius 3 is 1.63 bits per heavy atom. The first kappa shape index (κ1) is 113. The number of fused-ring (bicyclic) bond motifs is 5. The van der Waals surface area contributed by atoms with Crippen LogP contribution < -0.4 is 130 Å². The number of benzene rings is 2. The van der Waals surface area contributed by atoms with Crippen LogP contribution >= 0.6 is 73.1 Å². The molecule has 2 aromatic carbocycles. The Balaban J connectivity index is 0.000000395. The number of carbonyl (C=O) groups excluding carboxylic acids is 5. The number of ether oxygens (including phenoxy) is 2. The van der Waals surface area contributed by atoms with E-state index in [1.807, 2.05) is 63.3 Å². The summed E-state index contributed by atoms with van der Waals surface area (Å²) in [4.78, 5) is 106. The minimum Gasteiger partial charge on any atom is -1.00 e. The normalized spacial score (nSPS) is 10.8. The molecule has 130 heavy (non-hydrogen) atoms. The molecule has 0 radical (unpaired) electrons. The molecule has 8 N–H and O–H groups in total. The fourth-order valence-electron chi connectivity index (χ4n) is 11.9. The molecule has 0 fully saturated rings. The number of nitrogens with one attached hydrogen (secondary N) is 4. The number of allylic oxidation sites excluding steroid dienone is 1. The van der Waals surface area contributed by atoms with Crippen LogP contribution in [-0.4, -0.2) is 146 Å². The van der Waals surface area contributed by atoms with Crippen LogP contribution in [0.5, 0.6) is 0 Å². The molecule has 0 saturated heterocycles. The van der Waals surface area contributed by atoms with Crippen molar-refractivity contribution in [3.05, 3.63) is 289 Å². The number of ketones is 2. The number of aromatic nitrogens is 17. The maximum absolute atomic E-state index is 13.8. The van der Waals surface area contributed by atoms with E-state index in [1.54, 1.807) is 48.6 Å². The Morgan fingerprint density at radius 1 is 0.646 bits per heavy atom. The third kappa shape index (κ3) is 32.8. The van der Waals surface area contributed by atoms with Crippen LogP contribution in [0.25, 0.3) is 67.2 Å². The van der Waals surface area contributed by atoms with Crippen LogP contribution in [0, 0.1) is 83.5 Å². The second-order valence-electron chi connectivity index (χ2n) is 26.9. The Morgan fingerprint density at radius 2 is 1.13 bits per heavy atom. The summed E-state index contributed by atoms with van der Waals surface area (Å²) in [5, 5.41) is 28.3. The molecule has 44 heteroatoms. The molecule has 1 unspecified atom stereocenters. The topological polar surface area (TPSA) is 437 Å². The maximum Gasteiger partial charge on any atom is 1.00 e. The van der Waals surface area contributed by atoms with E-state index in [0.29, 0.717) is 68.1 Å². The molecule has 1 aliphatic carbocycles. The number of halogens is 10. The van der Waals surface area contributed by atoms with Gasteiger partial charge in [0.1, 0.15) is 58.2 Å². The van der Waals surface area contributed by atoms with E-state index in [-0.39, 0.29) is 141 Å². The molecule has 1 aliphatic rings. The number of Topliss-reactive ketones (excluding diaryl/α,β-unsaturated/α-hetero) is 2. The standard InChI is InChI=1S/C24H22FN5.C13H10ClFN4.C13H11FN4O.C10H10FNO3.C10H12N2.C9H8FNO3.C4H7N3.CH3I.CH2O3.CH4.Cl3OP.2K.H/c1-15-12-28-30-23(15)29-22(19-11-20(25)14-26-13-19)16(2)24(30)27-10-9-18-8-7-17-5-3-4-6-21(17)18;1-7-4-17-19-12(14)8(2)11(18-13(7)19)9-3-10(15)6-16-5-9;1-7-4-16-18-12(7)17-11(8(2)13(18)19)9-3-10(14)6-15-5-9;1-6(10(14)15-2)9(13)7-3-8(11)5-12-4-7;11-6-5-8-7-12-10-4-2-1-3-9(8)10;1-14-9(13)3-8(12)6-2-7(10)5-11-4-6;1-3-2-6-7-4(3)5;1-2;2-1-4-3;;1-5(2,3)4;;;/h3-6,8,11-14,27H,7,9-10H2,1-2H3;3-6H,1-2H3;3-6,16H,1-2H3;3-6H,1-2H3;1-4,7,12H,5-6,11H2;2,4-5H,3H2,1H3;2H,1H3,(H3,5,6,7);1H3;1,3H;1H4;;;;/q;;;;;;;;;;;2*+1;-1/p-1. The predicted molar refractivity (Wildman–Crippen MR) is 490 cm³/mol. The molecule has 0 bridgehead atoms. The number of methoxy groups -OCH3 is 2. The Hall–Kier alpha value is -9.35. The van der Waals surface area contributed by atoms with Gasteiger partial charge in [-0.15, -0.1) is 0 Å². The van der Waals surface area contributed by atoms with Crippen molar-refractivity contribution in [3.63, 3.8) is 0 Å². The smallest absolute Gasteiger partial charge is 1.00 e. The third-order valence-electron chi connectivity index (χ3n) is 18.2. The largest absolute Gasteiger partial charge is 1.00 e. The summed E-state index contributed by atoms with van der Waals surface area (Å²) in [6.45, 7) is 15.8. The van der Waals surface area contributed by atoms with Crippen molar-refractivity contribution >= 4 is 148 Å². The molecule has 676 valence electrons. The summed E-state index contributed by atoms with van der Waals surface area (Å²) in [6, 6.07) is 23.1. The number of nitrogens with two attached hydrogens (primary N) is 2. The number of hydrogen-bond acceptors (Lipinski definition) is 25. The first-order valence-corrected chi connectivity index (χ1v) is 44.5. The SMILES string of the molecule is C.CI.COC(=O)C(C)C(=O)c1cncc(F)c1.COC(=O)CC(=O)c1cncc(F)c1.Cc1c(-c2cncc(F)c2)nc2c(C)c[nH]n2c1=O.Cc1c(-c2cncc(F)c2)nc2c(C)cnn2c1Cl.Cc1c(-c2cncc(F)c2)nc2c(C)cnn2c1NCCC1=CCc2ccccc21.Cc1cn[nH]c1N.NCCc1c[nH]c2ccccc12.O=CO[O-].O=P(Cl)(Cl)Cl.[H-].[K+].[K+]. The summed E-state index contributed by atoms with van der Waals surface area (Å²) in [6.07, 6.45) is 26.3. The van der Waals surface area contributed by atoms with E-state index < -0.39 is 64.3 Å². The van der Waals surface area contributed by atoms with Crippen molar-refractivity contribution in [2.45, 2.75) is 88.5 Å². The van der Waals surface area contributed by atoms with Crippen molar-refractivity contribution in [1.82, 2.24) is 83.9 Å². The van der Waals surface area contributed by atoms with Gasteiger partial charge in [-0.2, -0.15) is 19.8 Å². The van der Waals surface area contributed by atoms with Gasteiger partial charge in [0, 0.05) is 128 Å². The number of alkyl halides is 1. The number of pyridine rings is 5. The van der Waals surface area contributed by atoms with E-state index in [0.717, 1.165) is 108 Å². The van der Waals surface area contributed by atoms with Gasteiger partial charge in [0.15, 0.2) is 28.5 Å². The summed E-state index contributed by atoms with van der Waals surface area (Å²) in [5.74, 6) is -4.19. The third-order valence-corrected chi connectivity index (χ3v) is 18.6. The number of H-pyrrole nitrogens is 3. The van der Waals surface area contributed by atoms with Crippen LogP contribution in [0.15, 0.2) is 183 Å². The van der Waals surface area contributed by atoms with E-state index >= 15 is 0 Å². The van der Waals surface area contributed by atoms with Gasteiger partial charge in [-0.25, -0.2) is 45.9 Å². The van der Waals surface area contributed by atoms with Crippen molar-refractivity contribution in [2.75, 3.05) is 43.3 Å². The molecule has 31 nitrogen and oxygen atoms in total. The molecule has 13 heterocycles. The molecule has 0 amide bonds. The summed E-state index contributed by atoms with van der Waals surface area (Å²) in [5.41, 5.74) is 28.7. The van der Waals surface area contributed by atoms with Gasteiger partial charge in [-0.1, -0.05) is 90.2 Å². The fourth-order valence-corrected chi connectivity index (χ4v) is 12.1.